The van der Waals surface area contributed by atoms with E-state index in [0.717, 1.165) is 10.8 Å². The van der Waals surface area contributed by atoms with Crippen LogP contribution in [0.3, 0.4) is 0 Å². The van der Waals surface area contributed by atoms with Crippen LogP contribution in [0.5, 0.6) is 0 Å². The number of aromatic nitrogens is 2. The summed E-state index contributed by atoms with van der Waals surface area (Å²) in [7, 11) is 2.06. The molecule has 1 aliphatic heterocycles. The van der Waals surface area contributed by atoms with Gasteiger partial charge in [0.25, 0.3) is 0 Å². The Kier molecular flexibility index (Phi) is 4.15. The van der Waals surface area contributed by atoms with E-state index in [1.807, 2.05) is 18.3 Å². The molecule has 0 saturated carbocycles. The largest absolute Gasteiger partial charge is 0.352 e. The van der Waals surface area contributed by atoms with Crippen LogP contribution in [-0.2, 0) is 0 Å². The molecule has 1 aliphatic rings. The zero-order chi connectivity index (χ0) is 16.7. The van der Waals surface area contributed by atoms with E-state index in [9.17, 15) is 0 Å². The number of nitrogens with zero attached hydrogens (tertiary/aromatic N) is 3. The monoisotopic (exact) mass is 328 g/mol. The van der Waals surface area contributed by atoms with E-state index in [2.05, 4.69) is 66.6 Å². The van der Waals surface area contributed by atoms with Crippen molar-refractivity contribution in [2.45, 2.75) is 45.8 Å². The molecule has 3 rings (SSSR count). The van der Waals surface area contributed by atoms with Crippen molar-refractivity contribution in [3.05, 3.63) is 53.1 Å². The first kappa shape index (κ1) is 16.0. The molecule has 1 fully saturated rings. The summed E-state index contributed by atoms with van der Waals surface area (Å²) in [4.78, 5) is 6.70. The van der Waals surface area contributed by atoms with Crippen molar-refractivity contribution in [1.29, 1.82) is 0 Å². The van der Waals surface area contributed by atoms with Gasteiger partial charge in [0.1, 0.15) is 0 Å². The molecule has 2 aromatic heterocycles. The molecule has 2 aromatic rings. The summed E-state index contributed by atoms with van der Waals surface area (Å²) in [5.41, 5.74) is 4.94. The van der Waals surface area contributed by atoms with Crippen LogP contribution in [0.2, 0.25) is 0 Å². The minimum Gasteiger partial charge on any atom is -0.352 e. The number of hydrogen-bond acceptors (Lipinski definition) is 2. The van der Waals surface area contributed by atoms with Gasteiger partial charge in [-0.3, -0.25) is 4.98 Å². The van der Waals surface area contributed by atoms with Gasteiger partial charge in [-0.1, -0.05) is 6.07 Å². The Bertz CT molecular complexity index is 720. The minimum atomic E-state index is 0.0785. The molecule has 0 unspecified atom stereocenters. The van der Waals surface area contributed by atoms with Gasteiger partial charge in [0, 0.05) is 30.7 Å². The summed E-state index contributed by atoms with van der Waals surface area (Å²) in [6, 6.07) is 9.02. The lowest BCUT2D eigenvalue weighted by Crippen LogP contribution is -2.25. The first-order valence-corrected chi connectivity index (χ1v) is 8.45. The molecule has 1 N–H and O–H groups in total. The lowest BCUT2D eigenvalue weighted by atomic mass is 9.97. The van der Waals surface area contributed by atoms with Crippen LogP contribution in [0.4, 0.5) is 0 Å². The normalized spacial score (nSPS) is 21.1. The van der Waals surface area contributed by atoms with E-state index < -0.39 is 0 Å². The third kappa shape index (κ3) is 2.63. The molecular formula is C18H24N4S. The molecule has 23 heavy (non-hydrogen) atoms. The van der Waals surface area contributed by atoms with E-state index in [1.54, 1.807) is 0 Å². The van der Waals surface area contributed by atoms with Crippen molar-refractivity contribution in [1.82, 2.24) is 19.8 Å². The highest BCUT2D eigenvalue weighted by atomic mass is 32.1. The highest BCUT2D eigenvalue weighted by Gasteiger charge is 2.39. The first-order valence-electron chi connectivity index (χ1n) is 8.04. The zero-order valence-electron chi connectivity index (χ0n) is 14.4. The molecular weight excluding hydrogens is 304 g/mol. The standard InChI is InChI=1S/C18H24N4S/c1-11(2)22-12(3)10-14(13(22)4)17-16(20-18(23)21(17)5)15-8-6-7-9-19-15/h6-11,16-17H,1-5H3,(H,20,23)/t16-,17-/m0/s1. The van der Waals surface area contributed by atoms with Crippen LogP contribution in [0.15, 0.2) is 30.5 Å². The Labute approximate surface area is 143 Å². The minimum absolute atomic E-state index is 0.0785. The van der Waals surface area contributed by atoms with Gasteiger partial charge >= 0.3 is 0 Å². The van der Waals surface area contributed by atoms with Gasteiger partial charge in [0.15, 0.2) is 5.11 Å². The van der Waals surface area contributed by atoms with Crippen LogP contribution in [-0.4, -0.2) is 26.6 Å². The predicted molar refractivity (Wildman–Crippen MR) is 97.5 cm³/mol. The van der Waals surface area contributed by atoms with E-state index in [0.29, 0.717) is 6.04 Å². The fourth-order valence-corrected chi connectivity index (χ4v) is 3.98. The summed E-state index contributed by atoms with van der Waals surface area (Å²) in [6.07, 6.45) is 1.84. The average Bonchev–Trinajstić information content (AvgIpc) is 2.97. The summed E-state index contributed by atoms with van der Waals surface area (Å²) >= 11 is 5.51. The van der Waals surface area contributed by atoms with Crippen molar-refractivity contribution in [2.24, 2.45) is 0 Å². The SMILES string of the molecule is Cc1cc([C@H]2[C@H](c3ccccn3)NC(=S)N2C)c(C)n1C(C)C. The molecule has 1 saturated heterocycles. The first-order chi connectivity index (χ1) is 10.9. The molecule has 0 radical (unpaired) electrons. The third-order valence-corrected chi connectivity index (χ3v) is 5.10. The molecule has 0 amide bonds. The van der Waals surface area contributed by atoms with Crippen molar-refractivity contribution in [2.75, 3.05) is 7.05 Å². The van der Waals surface area contributed by atoms with Gasteiger partial charge in [-0.25, -0.2) is 0 Å². The number of nitrogens with one attached hydrogen (secondary N) is 1. The summed E-state index contributed by atoms with van der Waals surface area (Å²) in [5, 5.41) is 4.22. The van der Waals surface area contributed by atoms with E-state index >= 15 is 0 Å². The molecule has 0 bridgehead atoms. The van der Waals surface area contributed by atoms with Gasteiger partial charge in [-0.15, -0.1) is 0 Å². The van der Waals surface area contributed by atoms with Crippen molar-refractivity contribution >= 4 is 17.3 Å². The Morgan fingerprint density at radius 1 is 1.26 bits per heavy atom. The number of aryl methyl sites for hydroxylation is 1. The second-order valence-corrected chi connectivity index (χ2v) is 6.91. The average molecular weight is 328 g/mol. The maximum Gasteiger partial charge on any atom is 0.169 e. The Morgan fingerprint density at radius 3 is 2.57 bits per heavy atom. The van der Waals surface area contributed by atoms with Crippen molar-refractivity contribution < 1.29 is 0 Å². The maximum atomic E-state index is 5.51. The molecule has 122 valence electrons. The predicted octanol–water partition coefficient (Wildman–Crippen LogP) is 3.68. The van der Waals surface area contributed by atoms with Crippen LogP contribution in [0, 0.1) is 13.8 Å². The summed E-state index contributed by atoms with van der Waals surface area (Å²) in [6.45, 7) is 8.82. The topological polar surface area (TPSA) is 33.1 Å². The third-order valence-electron chi connectivity index (χ3n) is 4.70. The highest BCUT2D eigenvalue weighted by molar-refractivity contribution is 7.80. The van der Waals surface area contributed by atoms with E-state index in [4.69, 9.17) is 12.2 Å². The lowest BCUT2D eigenvalue weighted by Gasteiger charge is -2.25. The summed E-state index contributed by atoms with van der Waals surface area (Å²) < 4.78 is 2.39. The highest BCUT2D eigenvalue weighted by Crippen LogP contribution is 2.40. The van der Waals surface area contributed by atoms with Crippen LogP contribution in [0.1, 0.15) is 54.6 Å². The smallest absolute Gasteiger partial charge is 0.169 e. The zero-order valence-corrected chi connectivity index (χ0v) is 15.2. The lowest BCUT2D eigenvalue weighted by molar-refractivity contribution is 0.366. The second kappa shape index (κ2) is 5.96. The number of thiocarbonyl (C=S) groups is 1. The van der Waals surface area contributed by atoms with Crippen LogP contribution < -0.4 is 5.32 Å². The van der Waals surface area contributed by atoms with Gasteiger partial charge < -0.3 is 14.8 Å². The van der Waals surface area contributed by atoms with Crippen LogP contribution >= 0.6 is 12.2 Å². The quantitative estimate of drug-likeness (QED) is 0.871. The molecule has 0 aromatic carbocycles. The number of hydrogen-bond donors (Lipinski definition) is 1. The molecule has 0 spiro atoms. The number of likely N-dealkylation sites (N-methyl/N-ethyl adjacent to an activating group) is 1. The number of rotatable bonds is 3. The van der Waals surface area contributed by atoms with E-state index in [1.165, 1.54) is 17.0 Å². The Morgan fingerprint density at radius 2 is 2.00 bits per heavy atom. The molecule has 5 heteroatoms. The summed E-state index contributed by atoms with van der Waals surface area (Å²) in [5.74, 6) is 0. The van der Waals surface area contributed by atoms with Gasteiger partial charge in [0.2, 0.25) is 0 Å². The fourth-order valence-electron chi connectivity index (χ4n) is 3.74. The molecule has 0 aliphatic carbocycles. The Balaban J connectivity index is 2.09. The van der Waals surface area contributed by atoms with Crippen molar-refractivity contribution in [3.63, 3.8) is 0 Å². The number of pyridine rings is 1. The fraction of sp³-hybridized carbons (Fsp3) is 0.444. The second-order valence-electron chi connectivity index (χ2n) is 6.53. The molecule has 4 nitrogen and oxygen atoms in total. The van der Waals surface area contributed by atoms with E-state index in [-0.39, 0.29) is 12.1 Å². The van der Waals surface area contributed by atoms with Crippen LogP contribution in [0.25, 0.3) is 0 Å². The van der Waals surface area contributed by atoms with Gasteiger partial charge in [-0.2, -0.15) is 0 Å². The van der Waals surface area contributed by atoms with Gasteiger partial charge in [-0.05, 0) is 63.7 Å². The molecule has 2 atom stereocenters. The Hall–Kier alpha value is -1.88. The van der Waals surface area contributed by atoms with Crippen molar-refractivity contribution in [3.8, 4) is 0 Å². The van der Waals surface area contributed by atoms with Gasteiger partial charge in [0.05, 0.1) is 17.8 Å². The molecule has 3 heterocycles. The maximum absolute atomic E-state index is 5.51.